The van der Waals surface area contributed by atoms with E-state index in [-0.39, 0.29) is 0 Å². The van der Waals surface area contributed by atoms with Crippen LogP contribution in [0.4, 0.5) is 5.82 Å². The number of imidazole rings is 1. The van der Waals surface area contributed by atoms with Crippen LogP contribution in [0, 0.1) is 5.92 Å². The van der Waals surface area contributed by atoms with Gasteiger partial charge in [-0.15, -0.1) is 11.6 Å². The minimum Gasteiger partial charge on any atom is -0.358 e. The van der Waals surface area contributed by atoms with Crippen LogP contribution in [0.15, 0.2) is 24.4 Å². The molecule has 114 valence electrons. The highest BCUT2D eigenvalue weighted by Crippen LogP contribution is 2.25. The van der Waals surface area contributed by atoms with E-state index in [1.807, 2.05) is 24.4 Å². The number of halogens is 1. The van der Waals surface area contributed by atoms with E-state index in [0.717, 1.165) is 29.6 Å². The second kappa shape index (κ2) is 6.24. The average Bonchev–Trinajstić information content (AvgIpc) is 2.88. The summed E-state index contributed by atoms with van der Waals surface area (Å²) in [7, 11) is 4.34. The van der Waals surface area contributed by atoms with Crippen LogP contribution in [-0.4, -0.2) is 48.0 Å². The Balaban J connectivity index is 1.79. The minimum absolute atomic E-state index is 0.484. The average molecular weight is 307 g/mol. The van der Waals surface area contributed by atoms with Crippen LogP contribution in [0.1, 0.15) is 18.5 Å². The first-order valence-electron chi connectivity index (χ1n) is 7.60. The molecule has 0 aromatic carbocycles. The molecule has 0 saturated carbocycles. The first-order valence-corrected chi connectivity index (χ1v) is 8.14. The number of hydrogen-bond acceptors (Lipinski definition) is 3. The minimum atomic E-state index is 0.484. The smallest absolute Gasteiger partial charge is 0.152 e. The van der Waals surface area contributed by atoms with E-state index in [1.165, 1.54) is 25.9 Å². The Kier molecular flexibility index (Phi) is 4.36. The van der Waals surface area contributed by atoms with Crippen molar-refractivity contribution in [2.45, 2.75) is 18.7 Å². The van der Waals surface area contributed by atoms with Gasteiger partial charge in [-0.05, 0) is 51.0 Å². The Morgan fingerprint density at radius 2 is 2.10 bits per heavy atom. The number of fused-ring (bicyclic) bond motifs is 1. The predicted octanol–water partition coefficient (Wildman–Crippen LogP) is 2.85. The maximum Gasteiger partial charge on any atom is 0.152 e. The summed E-state index contributed by atoms with van der Waals surface area (Å²) in [6, 6.07) is 6.07. The number of pyridine rings is 1. The zero-order valence-electron chi connectivity index (χ0n) is 12.8. The van der Waals surface area contributed by atoms with Crippen molar-refractivity contribution in [3.63, 3.8) is 0 Å². The molecule has 1 aliphatic rings. The van der Waals surface area contributed by atoms with Gasteiger partial charge in [0.25, 0.3) is 0 Å². The Morgan fingerprint density at radius 3 is 2.81 bits per heavy atom. The van der Waals surface area contributed by atoms with Gasteiger partial charge in [-0.2, -0.15) is 0 Å². The van der Waals surface area contributed by atoms with Crippen molar-refractivity contribution in [2.75, 3.05) is 38.6 Å². The first kappa shape index (κ1) is 14.7. The van der Waals surface area contributed by atoms with Gasteiger partial charge in [-0.25, -0.2) is 4.98 Å². The predicted molar refractivity (Wildman–Crippen MR) is 88.2 cm³/mol. The lowest BCUT2D eigenvalue weighted by Gasteiger charge is -2.32. The van der Waals surface area contributed by atoms with E-state index in [2.05, 4.69) is 28.3 Å². The molecule has 5 heteroatoms. The molecular weight excluding hydrogens is 284 g/mol. The van der Waals surface area contributed by atoms with E-state index in [9.17, 15) is 0 Å². The molecule has 2 aromatic rings. The van der Waals surface area contributed by atoms with E-state index < -0.39 is 0 Å². The fourth-order valence-electron chi connectivity index (χ4n) is 3.18. The van der Waals surface area contributed by atoms with E-state index in [1.54, 1.807) is 0 Å². The highest BCUT2D eigenvalue weighted by molar-refractivity contribution is 6.17. The first-order chi connectivity index (χ1) is 10.2. The molecule has 0 spiro atoms. The molecule has 0 bridgehead atoms. The number of nitrogens with zero attached hydrogens (tertiary/aromatic N) is 4. The fourth-order valence-corrected chi connectivity index (χ4v) is 3.43. The molecule has 0 N–H and O–H groups in total. The summed E-state index contributed by atoms with van der Waals surface area (Å²) in [6.07, 6.45) is 4.57. The SMILES string of the molecule is CN1CCC(CN(C)c2nc3ccccn3c2CCl)CC1. The van der Waals surface area contributed by atoms with E-state index >= 15 is 0 Å². The number of hydrogen-bond donors (Lipinski definition) is 0. The third-order valence-electron chi connectivity index (χ3n) is 4.47. The zero-order valence-corrected chi connectivity index (χ0v) is 13.6. The van der Waals surface area contributed by atoms with Crippen molar-refractivity contribution >= 4 is 23.1 Å². The summed E-state index contributed by atoms with van der Waals surface area (Å²) in [4.78, 5) is 9.44. The molecule has 0 aliphatic carbocycles. The van der Waals surface area contributed by atoms with Gasteiger partial charge in [0.1, 0.15) is 5.65 Å². The zero-order chi connectivity index (χ0) is 14.8. The van der Waals surface area contributed by atoms with Crippen LogP contribution in [0.25, 0.3) is 5.65 Å². The Morgan fingerprint density at radius 1 is 1.33 bits per heavy atom. The van der Waals surface area contributed by atoms with E-state index in [0.29, 0.717) is 5.88 Å². The summed E-state index contributed by atoms with van der Waals surface area (Å²) in [5.41, 5.74) is 2.06. The molecule has 1 saturated heterocycles. The molecule has 2 aromatic heterocycles. The Bertz CT molecular complexity index is 601. The molecular formula is C16H23ClN4. The number of anilines is 1. The Labute approximate surface area is 131 Å². The van der Waals surface area contributed by atoms with Gasteiger partial charge in [-0.1, -0.05) is 6.07 Å². The van der Waals surface area contributed by atoms with Gasteiger partial charge in [0.15, 0.2) is 5.82 Å². The van der Waals surface area contributed by atoms with Crippen molar-refractivity contribution < 1.29 is 0 Å². The van der Waals surface area contributed by atoms with E-state index in [4.69, 9.17) is 16.6 Å². The quantitative estimate of drug-likeness (QED) is 0.812. The molecule has 0 amide bonds. The van der Waals surface area contributed by atoms with Crippen LogP contribution >= 0.6 is 11.6 Å². The normalized spacial score (nSPS) is 17.5. The second-order valence-electron chi connectivity index (χ2n) is 6.07. The third kappa shape index (κ3) is 3.01. The highest BCUT2D eigenvalue weighted by Gasteiger charge is 2.21. The molecule has 3 heterocycles. The van der Waals surface area contributed by atoms with Gasteiger partial charge >= 0.3 is 0 Å². The van der Waals surface area contributed by atoms with Crippen LogP contribution in [-0.2, 0) is 5.88 Å². The van der Waals surface area contributed by atoms with Crippen molar-refractivity contribution in [3.8, 4) is 0 Å². The molecule has 21 heavy (non-hydrogen) atoms. The summed E-state index contributed by atoms with van der Waals surface area (Å²) in [6.45, 7) is 3.46. The number of rotatable bonds is 4. The summed E-state index contributed by atoms with van der Waals surface area (Å²) in [5.74, 6) is 2.26. The van der Waals surface area contributed by atoms with Crippen molar-refractivity contribution in [1.82, 2.24) is 14.3 Å². The summed E-state index contributed by atoms with van der Waals surface area (Å²) in [5, 5.41) is 0. The molecule has 3 rings (SSSR count). The van der Waals surface area contributed by atoms with Crippen LogP contribution in [0.2, 0.25) is 0 Å². The lowest BCUT2D eigenvalue weighted by molar-refractivity contribution is 0.222. The molecule has 4 nitrogen and oxygen atoms in total. The van der Waals surface area contributed by atoms with Gasteiger partial charge in [0.2, 0.25) is 0 Å². The van der Waals surface area contributed by atoms with Crippen LogP contribution in [0.3, 0.4) is 0 Å². The van der Waals surface area contributed by atoms with Gasteiger partial charge in [0, 0.05) is 19.8 Å². The topological polar surface area (TPSA) is 23.8 Å². The third-order valence-corrected chi connectivity index (χ3v) is 4.72. The van der Waals surface area contributed by atoms with Crippen LogP contribution in [0.5, 0.6) is 0 Å². The highest BCUT2D eigenvalue weighted by atomic mass is 35.5. The number of alkyl halides is 1. The molecule has 0 radical (unpaired) electrons. The second-order valence-corrected chi connectivity index (χ2v) is 6.34. The van der Waals surface area contributed by atoms with Gasteiger partial charge in [0.05, 0.1) is 11.6 Å². The standard InChI is InChI=1S/C16H23ClN4/c1-19-9-6-13(7-10-19)12-20(2)16-14(11-17)21-8-4-3-5-15(21)18-16/h3-5,8,13H,6-7,9-12H2,1-2H3. The summed E-state index contributed by atoms with van der Waals surface area (Å²) >= 11 is 6.16. The number of piperidine rings is 1. The molecule has 1 aliphatic heterocycles. The molecule has 0 unspecified atom stereocenters. The summed E-state index contributed by atoms with van der Waals surface area (Å²) < 4.78 is 2.09. The Hall–Kier alpha value is -1.26. The van der Waals surface area contributed by atoms with Gasteiger partial charge < -0.3 is 14.2 Å². The maximum atomic E-state index is 6.16. The number of likely N-dealkylation sites (tertiary alicyclic amines) is 1. The molecule has 1 fully saturated rings. The monoisotopic (exact) mass is 306 g/mol. The van der Waals surface area contributed by atoms with Crippen molar-refractivity contribution in [2.24, 2.45) is 5.92 Å². The number of aromatic nitrogens is 2. The van der Waals surface area contributed by atoms with Crippen molar-refractivity contribution in [3.05, 3.63) is 30.1 Å². The van der Waals surface area contributed by atoms with Gasteiger partial charge in [-0.3, -0.25) is 0 Å². The van der Waals surface area contributed by atoms with Crippen LogP contribution < -0.4 is 4.90 Å². The fraction of sp³-hybridized carbons (Fsp3) is 0.562. The lowest BCUT2D eigenvalue weighted by Crippen LogP contribution is -2.36. The van der Waals surface area contributed by atoms with Crippen molar-refractivity contribution in [1.29, 1.82) is 0 Å². The molecule has 0 atom stereocenters. The largest absolute Gasteiger partial charge is 0.358 e. The maximum absolute atomic E-state index is 6.16. The lowest BCUT2D eigenvalue weighted by atomic mass is 9.97.